The summed E-state index contributed by atoms with van der Waals surface area (Å²) >= 11 is 1.22. The molecule has 40 heavy (non-hydrogen) atoms. The lowest BCUT2D eigenvalue weighted by molar-refractivity contribution is -0.387. The van der Waals surface area contributed by atoms with Crippen LogP contribution in [0.4, 0.5) is 11.4 Å². The molecule has 0 bridgehead atoms. The SMILES string of the molecule is O=C(c1ccc(-n2ccnc2Sc2ccccc2[N+](=O)[O-])cc1)N1CCC(N2C(=O)CCc3ccccc32)CC1. The number of benzene rings is 3. The fraction of sp³-hybridized carbons (Fsp3) is 0.233. The molecule has 0 aliphatic carbocycles. The quantitative estimate of drug-likeness (QED) is 0.230. The Morgan fingerprint density at radius 3 is 2.45 bits per heavy atom. The average molecular weight is 554 g/mol. The largest absolute Gasteiger partial charge is 0.338 e. The van der Waals surface area contributed by atoms with Crippen LogP contribution in [-0.2, 0) is 11.2 Å². The minimum atomic E-state index is -0.401. The summed E-state index contributed by atoms with van der Waals surface area (Å²) < 4.78 is 1.84. The summed E-state index contributed by atoms with van der Waals surface area (Å²) in [5, 5.41) is 12.0. The molecule has 0 atom stereocenters. The van der Waals surface area contributed by atoms with Crippen molar-refractivity contribution in [2.75, 3.05) is 18.0 Å². The fourth-order valence-corrected chi connectivity index (χ4v) is 6.45. The molecule has 2 aliphatic heterocycles. The number of piperidine rings is 1. The van der Waals surface area contributed by atoms with Crippen LogP contribution in [0.5, 0.6) is 0 Å². The summed E-state index contributed by atoms with van der Waals surface area (Å²) in [6.07, 6.45) is 6.23. The number of rotatable bonds is 6. The van der Waals surface area contributed by atoms with Gasteiger partial charge in [0.2, 0.25) is 5.91 Å². The highest BCUT2D eigenvalue weighted by Gasteiger charge is 2.33. The summed E-state index contributed by atoms with van der Waals surface area (Å²) in [6.45, 7) is 1.19. The lowest BCUT2D eigenvalue weighted by Crippen LogP contribution is -2.50. The van der Waals surface area contributed by atoms with E-state index in [0.29, 0.717) is 35.1 Å². The highest BCUT2D eigenvalue weighted by Crippen LogP contribution is 2.35. The van der Waals surface area contributed by atoms with E-state index in [9.17, 15) is 19.7 Å². The van der Waals surface area contributed by atoms with E-state index in [1.54, 1.807) is 42.7 Å². The van der Waals surface area contributed by atoms with E-state index < -0.39 is 4.92 Å². The first-order valence-electron chi connectivity index (χ1n) is 13.2. The van der Waals surface area contributed by atoms with Crippen LogP contribution in [0.3, 0.4) is 0 Å². The van der Waals surface area contributed by atoms with Gasteiger partial charge in [-0.05, 0) is 73.0 Å². The Morgan fingerprint density at radius 1 is 0.950 bits per heavy atom. The highest BCUT2D eigenvalue weighted by atomic mass is 32.2. The predicted octanol–water partition coefficient (Wildman–Crippen LogP) is 5.52. The summed E-state index contributed by atoms with van der Waals surface area (Å²) in [5.74, 6) is 0.133. The van der Waals surface area contributed by atoms with Gasteiger partial charge in [0.15, 0.2) is 5.16 Å². The summed E-state index contributed by atoms with van der Waals surface area (Å²) in [4.78, 5) is 45.8. The van der Waals surface area contributed by atoms with Gasteiger partial charge in [-0.2, -0.15) is 0 Å². The molecular weight excluding hydrogens is 526 g/mol. The van der Waals surface area contributed by atoms with Crippen molar-refractivity contribution in [1.82, 2.24) is 14.5 Å². The molecule has 0 radical (unpaired) electrons. The number of nitro benzene ring substituents is 1. The third kappa shape index (κ3) is 4.98. The molecule has 2 aliphatic rings. The molecule has 1 aromatic heterocycles. The van der Waals surface area contributed by atoms with Crippen molar-refractivity contribution in [2.24, 2.45) is 0 Å². The van der Waals surface area contributed by atoms with Crippen LogP contribution < -0.4 is 4.90 Å². The van der Waals surface area contributed by atoms with E-state index in [2.05, 4.69) is 11.1 Å². The first-order chi connectivity index (χ1) is 19.5. The molecule has 2 amide bonds. The maximum Gasteiger partial charge on any atom is 0.283 e. The standard InChI is InChI=1S/C30H27N5O4S/c36-28-14-11-21-5-1-2-6-25(21)34(28)24-15-18-32(19-16-24)29(37)22-9-12-23(13-10-22)33-20-17-31-30(33)40-27-8-4-3-7-26(27)35(38)39/h1-10,12-13,17,20,24H,11,14-16,18-19H2. The normalized spacial score (nSPS) is 15.7. The number of amides is 2. The van der Waals surface area contributed by atoms with E-state index in [1.165, 1.54) is 23.4 Å². The number of aromatic nitrogens is 2. The Kier molecular flexibility index (Phi) is 7.08. The topological polar surface area (TPSA) is 102 Å². The molecule has 202 valence electrons. The summed E-state index contributed by atoms with van der Waals surface area (Å²) in [6, 6.07) is 22.1. The molecule has 4 aromatic rings. The fourth-order valence-electron chi connectivity index (χ4n) is 5.48. The van der Waals surface area contributed by atoms with Gasteiger partial charge in [0.05, 0.1) is 9.82 Å². The van der Waals surface area contributed by atoms with E-state index >= 15 is 0 Å². The van der Waals surface area contributed by atoms with Crippen molar-refractivity contribution < 1.29 is 14.5 Å². The predicted molar refractivity (Wildman–Crippen MR) is 152 cm³/mol. The minimum Gasteiger partial charge on any atom is -0.338 e. The average Bonchev–Trinajstić information content (AvgIpc) is 3.45. The lowest BCUT2D eigenvalue weighted by Gasteiger charge is -2.41. The third-order valence-corrected chi connectivity index (χ3v) is 8.56. The van der Waals surface area contributed by atoms with E-state index in [4.69, 9.17) is 0 Å². The van der Waals surface area contributed by atoms with Gasteiger partial charge in [-0.1, -0.05) is 30.3 Å². The molecule has 0 spiro atoms. The molecule has 1 fully saturated rings. The zero-order valence-electron chi connectivity index (χ0n) is 21.7. The lowest BCUT2D eigenvalue weighted by atomic mass is 9.95. The van der Waals surface area contributed by atoms with Gasteiger partial charge in [-0.25, -0.2) is 4.98 Å². The number of imidazole rings is 1. The number of nitrogens with zero attached hydrogens (tertiary/aromatic N) is 5. The van der Waals surface area contributed by atoms with Gasteiger partial charge in [0, 0.05) is 61.0 Å². The molecule has 6 rings (SSSR count). The molecule has 0 N–H and O–H groups in total. The smallest absolute Gasteiger partial charge is 0.283 e. The Balaban J connectivity index is 1.12. The van der Waals surface area contributed by atoms with Gasteiger partial charge >= 0.3 is 0 Å². The maximum absolute atomic E-state index is 13.3. The Hall–Kier alpha value is -4.44. The number of hydrogen-bond donors (Lipinski definition) is 0. The first-order valence-corrected chi connectivity index (χ1v) is 14.1. The maximum atomic E-state index is 13.3. The molecular formula is C30H27N5O4S. The number of fused-ring (bicyclic) bond motifs is 1. The molecule has 1 saturated heterocycles. The van der Waals surface area contributed by atoms with Gasteiger partial charge in [-0.15, -0.1) is 0 Å². The molecule has 3 heterocycles. The number of carbonyl (C=O) groups excluding carboxylic acids is 2. The van der Waals surface area contributed by atoms with E-state index in [1.807, 2.05) is 44.7 Å². The molecule has 3 aromatic carbocycles. The van der Waals surface area contributed by atoms with E-state index in [-0.39, 0.29) is 23.5 Å². The van der Waals surface area contributed by atoms with Crippen molar-refractivity contribution in [3.8, 4) is 5.69 Å². The number of hydrogen-bond acceptors (Lipinski definition) is 6. The molecule has 9 nitrogen and oxygen atoms in total. The summed E-state index contributed by atoms with van der Waals surface area (Å²) in [5.41, 5.74) is 3.64. The Labute approximate surface area is 235 Å². The van der Waals surface area contributed by atoms with Gasteiger partial charge in [-0.3, -0.25) is 24.3 Å². The van der Waals surface area contributed by atoms with Crippen LogP contribution in [-0.4, -0.2) is 50.3 Å². The zero-order chi connectivity index (χ0) is 27.6. The second-order valence-corrected chi connectivity index (χ2v) is 10.9. The number of aryl methyl sites for hydroxylation is 1. The van der Waals surface area contributed by atoms with Crippen LogP contribution in [0.2, 0.25) is 0 Å². The van der Waals surface area contributed by atoms with Crippen LogP contribution in [0.15, 0.2) is 95.2 Å². The Bertz CT molecular complexity index is 1580. The molecule has 10 heteroatoms. The number of nitro groups is 1. The monoisotopic (exact) mass is 553 g/mol. The number of para-hydroxylation sites is 2. The highest BCUT2D eigenvalue weighted by molar-refractivity contribution is 7.99. The molecule has 0 saturated carbocycles. The van der Waals surface area contributed by atoms with Crippen LogP contribution >= 0.6 is 11.8 Å². The van der Waals surface area contributed by atoms with Gasteiger partial charge in [0.1, 0.15) is 0 Å². The third-order valence-electron chi connectivity index (χ3n) is 7.51. The van der Waals surface area contributed by atoms with Crippen molar-refractivity contribution >= 4 is 35.0 Å². The van der Waals surface area contributed by atoms with Gasteiger partial charge < -0.3 is 9.80 Å². The number of carbonyl (C=O) groups is 2. The molecule has 0 unspecified atom stereocenters. The second kappa shape index (κ2) is 11.0. The summed E-state index contributed by atoms with van der Waals surface area (Å²) in [7, 11) is 0. The van der Waals surface area contributed by atoms with Gasteiger partial charge in [0.25, 0.3) is 11.6 Å². The minimum absolute atomic E-state index is 0.0284. The van der Waals surface area contributed by atoms with Crippen LogP contribution in [0.25, 0.3) is 5.69 Å². The van der Waals surface area contributed by atoms with Crippen molar-refractivity contribution in [2.45, 2.75) is 41.8 Å². The van der Waals surface area contributed by atoms with Crippen LogP contribution in [0, 0.1) is 10.1 Å². The number of anilines is 1. The van der Waals surface area contributed by atoms with Crippen LogP contribution in [0.1, 0.15) is 35.2 Å². The van der Waals surface area contributed by atoms with E-state index in [0.717, 1.165) is 30.6 Å². The zero-order valence-corrected chi connectivity index (χ0v) is 22.5. The number of likely N-dealkylation sites (tertiary alicyclic amines) is 1. The Morgan fingerprint density at radius 2 is 1.68 bits per heavy atom. The first kappa shape index (κ1) is 25.8. The van der Waals surface area contributed by atoms with Crippen molar-refractivity contribution in [3.63, 3.8) is 0 Å². The van der Waals surface area contributed by atoms with Crippen molar-refractivity contribution in [1.29, 1.82) is 0 Å². The second-order valence-electron chi connectivity index (χ2n) is 9.87. The van der Waals surface area contributed by atoms with Crippen molar-refractivity contribution in [3.05, 3.63) is 106 Å².